The molecule has 0 radical (unpaired) electrons. The van der Waals surface area contributed by atoms with Crippen LogP contribution < -0.4 is 10.6 Å². The summed E-state index contributed by atoms with van der Waals surface area (Å²) in [6, 6.07) is 8.08. The zero-order valence-electron chi connectivity index (χ0n) is 13.9. The summed E-state index contributed by atoms with van der Waals surface area (Å²) in [7, 11) is 0. The fourth-order valence-corrected chi connectivity index (χ4v) is 3.23. The van der Waals surface area contributed by atoms with Crippen molar-refractivity contribution in [3.8, 4) is 0 Å². The Labute approximate surface area is 137 Å². The van der Waals surface area contributed by atoms with Gasteiger partial charge >= 0.3 is 6.03 Å². The van der Waals surface area contributed by atoms with Gasteiger partial charge in [0.1, 0.15) is 6.17 Å². The van der Waals surface area contributed by atoms with Crippen LogP contribution in [0.3, 0.4) is 0 Å². The number of amides is 2. The maximum atomic E-state index is 13.0. The quantitative estimate of drug-likeness (QED) is 0.932. The standard InChI is InChI=1S/C18H24N4O/c1-12(2)14-6-8-15(9-7-14)22-17-11-16(5-4-10-20-17)21(13(3)19)18(22)23/h4-10,12-13,16-17H,11,19H2,1-3H3. The van der Waals surface area contributed by atoms with Gasteiger partial charge in [0.15, 0.2) is 0 Å². The van der Waals surface area contributed by atoms with Crippen LogP contribution in [-0.2, 0) is 0 Å². The van der Waals surface area contributed by atoms with Crippen molar-refractivity contribution in [1.29, 1.82) is 0 Å². The molecule has 0 aliphatic carbocycles. The number of aliphatic imine (C=N–C) groups is 1. The van der Waals surface area contributed by atoms with Gasteiger partial charge in [-0.25, -0.2) is 4.79 Å². The molecule has 0 spiro atoms. The third-order valence-electron chi connectivity index (χ3n) is 4.49. The van der Waals surface area contributed by atoms with Crippen molar-refractivity contribution in [3.63, 3.8) is 0 Å². The Kier molecular flexibility index (Phi) is 4.22. The third-order valence-corrected chi connectivity index (χ3v) is 4.49. The maximum absolute atomic E-state index is 13.0. The highest BCUT2D eigenvalue weighted by Gasteiger charge is 2.41. The molecule has 3 rings (SSSR count). The molecule has 2 N–H and O–H groups in total. The molecule has 5 heteroatoms. The van der Waals surface area contributed by atoms with Crippen LogP contribution in [0.2, 0.25) is 0 Å². The number of allylic oxidation sites excluding steroid dienone is 1. The predicted octanol–water partition coefficient (Wildman–Crippen LogP) is 3.08. The van der Waals surface area contributed by atoms with Crippen LogP contribution in [0.15, 0.2) is 41.4 Å². The molecule has 1 saturated heterocycles. The van der Waals surface area contributed by atoms with Crippen LogP contribution in [0.25, 0.3) is 0 Å². The van der Waals surface area contributed by atoms with Crippen LogP contribution in [0.5, 0.6) is 0 Å². The zero-order valence-corrected chi connectivity index (χ0v) is 13.9. The van der Waals surface area contributed by atoms with Gasteiger partial charge in [-0.05, 0) is 36.6 Å². The summed E-state index contributed by atoms with van der Waals surface area (Å²) >= 11 is 0. The number of nitrogens with two attached hydrogens (primary N) is 1. The molecule has 0 aromatic heterocycles. The SMILES string of the molecule is CC(C)c1ccc(N2C(=O)N(C(C)N)C3C=CC=NC2C3)cc1. The molecule has 1 aromatic rings. The van der Waals surface area contributed by atoms with Crippen LogP contribution in [0, 0.1) is 0 Å². The van der Waals surface area contributed by atoms with Gasteiger partial charge in [0.25, 0.3) is 0 Å². The second-order valence-corrected chi connectivity index (χ2v) is 6.51. The van der Waals surface area contributed by atoms with E-state index in [9.17, 15) is 4.79 Å². The Bertz CT molecular complexity index is 633. The molecular weight excluding hydrogens is 288 g/mol. The van der Waals surface area contributed by atoms with E-state index in [1.807, 2.05) is 31.2 Å². The van der Waals surface area contributed by atoms with Crippen LogP contribution in [0.1, 0.15) is 38.7 Å². The van der Waals surface area contributed by atoms with Crippen LogP contribution in [0.4, 0.5) is 10.5 Å². The number of fused-ring (bicyclic) bond motifs is 2. The van der Waals surface area contributed by atoms with E-state index in [1.165, 1.54) is 5.56 Å². The van der Waals surface area contributed by atoms with Gasteiger partial charge in [-0.3, -0.25) is 9.89 Å². The van der Waals surface area contributed by atoms with Crippen molar-refractivity contribution in [2.75, 3.05) is 4.90 Å². The van der Waals surface area contributed by atoms with Crippen LogP contribution >= 0.6 is 0 Å². The summed E-state index contributed by atoms with van der Waals surface area (Å²) < 4.78 is 0. The van der Waals surface area contributed by atoms with Crippen molar-refractivity contribution in [1.82, 2.24) is 4.90 Å². The first-order valence-corrected chi connectivity index (χ1v) is 8.16. The van der Waals surface area contributed by atoms with E-state index in [0.29, 0.717) is 5.92 Å². The Balaban J connectivity index is 1.97. The molecule has 2 aliphatic heterocycles. The molecule has 5 nitrogen and oxygen atoms in total. The molecule has 23 heavy (non-hydrogen) atoms. The minimum atomic E-state index is -0.339. The summed E-state index contributed by atoms with van der Waals surface area (Å²) in [6.07, 6.45) is 5.92. The molecule has 2 amide bonds. The summed E-state index contributed by atoms with van der Waals surface area (Å²) in [5, 5.41) is 0. The van der Waals surface area contributed by atoms with Gasteiger partial charge in [0, 0.05) is 18.3 Å². The number of nitrogens with zero attached hydrogens (tertiary/aromatic N) is 3. The van der Waals surface area contributed by atoms with Crippen molar-refractivity contribution < 1.29 is 4.79 Å². The number of anilines is 1. The van der Waals surface area contributed by atoms with Crippen LogP contribution in [-0.4, -0.2) is 35.5 Å². The number of urea groups is 1. The van der Waals surface area contributed by atoms with E-state index in [-0.39, 0.29) is 24.4 Å². The number of carbonyl (C=O) groups excluding carboxylic acids is 1. The molecule has 3 unspecified atom stereocenters. The summed E-state index contributed by atoms with van der Waals surface area (Å²) in [5.74, 6) is 0.464. The monoisotopic (exact) mass is 312 g/mol. The fraction of sp³-hybridized carbons (Fsp3) is 0.444. The molecule has 2 aliphatic rings. The molecule has 122 valence electrons. The number of carbonyl (C=O) groups is 1. The Hall–Kier alpha value is -2.14. The van der Waals surface area contributed by atoms with Gasteiger partial charge < -0.3 is 10.6 Å². The second kappa shape index (κ2) is 6.16. The van der Waals surface area contributed by atoms with E-state index in [0.717, 1.165) is 12.1 Å². The lowest BCUT2D eigenvalue weighted by molar-refractivity contribution is 0.146. The highest BCUT2D eigenvalue weighted by Crippen LogP contribution is 2.31. The van der Waals surface area contributed by atoms with Gasteiger partial charge in [-0.15, -0.1) is 0 Å². The van der Waals surface area contributed by atoms with E-state index >= 15 is 0 Å². The lowest BCUT2D eigenvalue weighted by atomic mass is 10.0. The molecule has 1 fully saturated rings. The smallest absolute Gasteiger partial charge is 0.311 e. The third kappa shape index (κ3) is 2.88. The molecule has 3 atom stereocenters. The Morgan fingerprint density at radius 2 is 1.91 bits per heavy atom. The fourth-order valence-electron chi connectivity index (χ4n) is 3.23. The highest BCUT2D eigenvalue weighted by atomic mass is 16.2. The molecular formula is C18H24N4O. The zero-order chi connectivity index (χ0) is 16.6. The Morgan fingerprint density at radius 1 is 1.22 bits per heavy atom. The first-order chi connectivity index (χ1) is 11.0. The topological polar surface area (TPSA) is 61.9 Å². The van der Waals surface area contributed by atoms with E-state index in [1.54, 1.807) is 16.0 Å². The summed E-state index contributed by atoms with van der Waals surface area (Å²) in [6.45, 7) is 6.16. The normalized spacial score (nSPS) is 25.0. The summed E-state index contributed by atoms with van der Waals surface area (Å²) in [5.41, 5.74) is 8.18. The number of benzene rings is 1. The molecule has 2 bridgehead atoms. The average molecular weight is 312 g/mol. The minimum Gasteiger partial charge on any atom is -0.311 e. The van der Waals surface area contributed by atoms with Gasteiger partial charge in [-0.2, -0.15) is 0 Å². The lowest BCUT2D eigenvalue weighted by Gasteiger charge is -2.45. The highest BCUT2D eigenvalue weighted by molar-refractivity contribution is 5.95. The number of hydrogen-bond donors (Lipinski definition) is 1. The van der Waals surface area contributed by atoms with E-state index in [4.69, 9.17) is 5.73 Å². The van der Waals surface area contributed by atoms with Gasteiger partial charge in [-0.1, -0.05) is 32.1 Å². The Morgan fingerprint density at radius 3 is 2.52 bits per heavy atom. The largest absolute Gasteiger partial charge is 0.328 e. The predicted molar refractivity (Wildman–Crippen MR) is 93.7 cm³/mol. The van der Waals surface area contributed by atoms with Gasteiger partial charge in [0.05, 0.1) is 12.2 Å². The van der Waals surface area contributed by atoms with Crippen molar-refractivity contribution in [2.24, 2.45) is 10.7 Å². The van der Waals surface area contributed by atoms with Gasteiger partial charge in [0.2, 0.25) is 0 Å². The van der Waals surface area contributed by atoms with E-state index in [2.05, 4.69) is 31.0 Å². The molecule has 1 aromatic carbocycles. The second-order valence-electron chi connectivity index (χ2n) is 6.51. The first kappa shape index (κ1) is 15.7. The maximum Gasteiger partial charge on any atom is 0.328 e. The number of hydrogen-bond acceptors (Lipinski definition) is 3. The van der Waals surface area contributed by atoms with Crippen molar-refractivity contribution >= 4 is 17.9 Å². The first-order valence-electron chi connectivity index (χ1n) is 8.16. The molecule has 2 heterocycles. The lowest BCUT2D eigenvalue weighted by Crippen LogP contribution is -2.62. The van der Waals surface area contributed by atoms with Crippen molar-refractivity contribution in [3.05, 3.63) is 42.0 Å². The molecule has 0 saturated carbocycles. The van der Waals surface area contributed by atoms with Crippen molar-refractivity contribution in [2.45, 2.75) is 51.5 Å². The summed E-state index contributed by atoms with van der Waals surface area (Å²) in [4.78, 5) is 21.0. The average Bonchev–Trinajstić information content (AvgIpc) is 2.71. The van der Waals surface area contributed by atoms with E-state index < -0.39 is 0 Å². The minimum absolute atomic E-state index is 0.00110. The number of rotatable bonds is 3.